The third-order valence-corrected chi connectivity index (χ3v) is 3.12. The van der Waals surface area contributed by atoms with Crippen LogP contribution in [0.25, 0.3) is 0 Å². The third kappa shape index (κ3) is 3.03. The Morgan fingerprint density at radius 2 is 2.24 bits per heavy atom. The molecule has 0 aliphatic carbocycles. The lowest BCUT2D eigenvalue weighted by Gasteiger charge is -2.29. The van der Waals surface area contributed by atoms with E-state index in [1.165, 1.54) is 0 Å². The lowest BCUT2D eigenvalue weighted by molar-refractivity contribution is 0.0906. The van der Waals surface area contributed by atoms with Gasteiger partial charge in [-0.1, -0.05) is 6.92 Å². The summed E-state index contributed by atoms with van der Waals surface area (Å²) in [4.78, 5) is 18.2. The maximum atomic E-state index is 11.9. The number of nitrogens with zero attached hydrogens (tertiary/aromatic N) is 3. The molecule has 0 radical (unpaired) electrons. The molecule has 0 spiro atoms. The van der Waals surface area contributed by atoms with Crippen LogP contribution in [-0.2, 0) is 6.42 Å². The topological polar surface area (TPSA) is 73.9 Å². The number of aromatic amines is 1. The minimum Gasteiger partial charge on any atom is -0.346 e. The fourth-order valence-corrected chi connectivity index (χ4v) is 1.96. The van der Waals surface area contributed by atoms with Crippen LogP contribution in [0, 0.1) is 0 Å². The molecule has 1 fully saturated rings. The van der Waals surface area contributed by atoms with Crippen molar-refractivity contribution in [1.82, 2.24) is 25.4 Å². The summed E-state index contributed by atoms with van der Waals surface area (Å²) < 4.78 is 0. The normalized spacial score (nSPS) is 18.2. The molecule has 0 bridgehead atoms. The maximum absolute atomic E-state index is 11.9. The van der Waals surface area contributed by atoms with Gasteiger partial charge >= 0.3 is 0 Å². The molecule has 0 saturated carbocycles. The average molecular weight is 237 g/mol. The third-order valence-electron chi connectivity index (χ3n) is 3.12. The van der Waals surface area contributed by atoms with Crippen molar-refractivity contribution in [2.24, 2.45) is 0 Å². The van der Waals surface area contributed by atoms with Gasteiger partial charge in [0.2, 0.25) is 5.82 Å². The van der Waals surface area contributed by atoms with E-state index in [0.29, 0.717) is 0 Å². The molecule has 94 valence electrons. The Bertz CT molecular complexity index is 381. The molecule has 2 heterocycles. The summed E-state index contributed by atoms with van der Waals surface area (Å²) in [5, 5.41) is 9.64. The first kappa shape index (κ1) is 12.0. The summed E-state index contributed by atoms with van der Waals surface area (Å²) in [6, 6.07) is 0.252. The highest BCUT2D eigenvalue weighted by Gasteiger charge is 2.20. The Labute approximate surface area is 101 Å². The molecule has 1 amide bonds. The van der Waals surface area contributed by atoms with E-state index in [1.807, 2.05) is 6.92 Å². The Morgan fingerprint density at radius 3 is 2.82 bits per heavy atom. The van der Waals surface area contributed by atoms with Crippen molar-refractivity contribution in [3.05, 3.63) is 11.6 Å². The van der Waals surface area contributed by atoms with Gasteiger partial charge in [0.1, 0.15) is 5.82 Å². The Hall–Kier alpha value is -1.43. The van der Waals surface area contributed by atoms with Gasteiger partial charge in [-0.3, -0.25) is 9.89 Å². The molecule has 0 aromatic carbocycles. The first-order valence-corrected chi connectivity index (χ1v) is 6.09. The number of nitrogens with one attached hydrogen (secondary N) is 2. The van der Waals surface area contributed by atoms with Crippen molar-refractivity contribution in [3.63, 3.8) is 0 Å². The second-order valence-corrected chi connectivity index (χ2v) is 4.51. The number of carbonyl (C=O) groups is 1. The van der Waals surface area contributed by atoms with Crippen molar-refractivity contribution in [1.29, 1.82) is 0 Å². The van der Waals surface area contributed by atoms with Crippen LogP contribution in [0.3, 0.4) is 0 Å². The monoisotopic (exact) mass is 237 g/mol. The minimum absolute atomic E-state index is 0.171. The summed E-state index contributed by atoms with van der Waals surface area (Å²) in [6.07, 6.45) is 2.75. The highest BCUT2D eigenvalue weighted by atomic mass is 16.2. The Kier molecular flexibility index (Phi) is 3.73. The van der Waals surface area contributed by atoms with E-state index in [1.54, 1.807) is 0 Å². The molecule has 6 heteroatoms. The van der Waals surface area contributed by atoms with Gasteiger partial charge in [-0.25, -0.2) is 4.98 Å². The van der Waals surface area contributed by atoms with Crippen LogP contribution in [-0.4, -0.2) is 52.2 Å². The summed E-state index contributed by atoms with van der Waals surface area (Å²) in [5.74, 6) is 0.829. The lowest BCUT2D eigenvalue weighted by Crippen LogP contribution is -2.43. The number of rotatable bonds is 3. The molecule has 0 unspecified atom stereocenters. The van der Waals surface area contributed by atoms with Gasteiger partial charge in [-0.15, -0.1) is 5.10 Å². The summed E-state index contributed by atoms with van der Waals surface area (Å²) in [6.45, 7) is 4.03. The first-order chi connectivity index (χ1) is 8.19. The maximum Gasteiger partial charge on any atom is 0.291 e. The molecular weight excluding hydrogens is 218 g/mol. The summed E-state index contributed by atoms with van der Waals surface area (Å²) in [5.41, 5.74) is 0. The zero-order valence-corrected chi connectivity index (χ0v) is 10.4. The molecular formula is C11H19N5O. The number of carbonyl (C=O) groups excluding carboxylic acids is 1. The summed E-state index contributed by atoms with van der Waals surface area (Å²) >= 11 is 0. The number of hydrogen-bond acceptors (Lipinski definition) is 4. The predicted molar refractivity (Wildman–Crippen MR) is 63.7 cm³/mol. The van der Waals surface area contributed by atoms with E-state index < -0.39 is 0 Å². The fraction of sp³-hybridized carbons (Fsp3) is 0.727. The number of hydrogen-bond donors (Lipinski definition) is 2. The van der Waals surface area contributed by atoms with E-state index in [0.717, 1.165) is 38.2 Å². The number of likely N-dealkylation sites (tertiary alicyclic amines) is 1. The van der Waals surface area contributed by atoms with Crippen LogP contribution in [0.5, 0.6) is 0 Å². The van der Waals surface area contributed by atoms with E-state index in [9.17, 15) is 4.79 Å². The van der Waals surface area contributed by atoms with Gasteiger partial charge in [0.05, 0.1) is 0 Å². The predicted octanol–water partition coefficient (Wildman–Crippen LogP) is 0.191. The number of aromatic nitrogens is 3. The van der Waals surface area contributed by atoms with Crippen molar-refractivity contribution in [2.75, 3.05) is 20.1 Å². The molecule has 17 heavy (non-hydrogen) atoms. The van der Waals surface area contributed by atoms with Gasteiger partial charge < -0.3 is 10.2 Å². The van der Waals surface area contributed by atoms with Crippen molar-refractivity contribution in [3.8, 4) is 0 Å². The van der Waals surface area contributed by atoms with Gasteiger partial charge in [0.25, 0.3) is 5.91 Å². The molecule has 1 aromatic heterocycles. The van der Waals surface area contributed by atoms with Crippen LogP contribution in [0.4, 0.5) is 0 Å². The van der Waals surface area contributed by atoms with Gasteiger partial charge in [0, 0.05) is 12.5 Å². The number of H-pyrrole nitrogens is 1. The van der Waals surface area contributed by atoms with Crippen LogP contribution >= 0.6 is 0 Å². The van der Waals surface area contributed by atoms with Crippen LogP contribution in [0.1, 0.15) is 36.2 Å². The average Bonchev–Trinajstić information content (AvgIpc) is 2.81. The van der Waals surface area contributed by atoms with E-state index in [-0.39, 0.29) is 17.8 Å². The second-order valence-electron chi connectivity index (χ2n) is 4.51. The Morgan fingerprint density at radius 1 is 1.53 bits per heavy atom. The minimum atomic E-state index is -0.171. The van der Waals surface area contributed by atoms with E-state index in [4.69, 9.17) is 0 Å². The molecule has 1 aliphatic rings. The second kappa shape index (κ2) is 5.27. The molecule has 2 rings (SSSR count). The van der Waals surface area contributed by atoms with Gasteiger partial charge in [0.15, 0.2) is 0 Å². The SMILES string of the molecule is CCc1nc(C(=O)NC2CCN(C)CC2)n[nH]1. The standard InChI is InChI=1S/C11H19N5O/c1-3-9-13-10(15-14-9)11(17)12-8-4-6-16(2)7-5-8/h8H,3-7H2,1-2H3,(H,12,17)(H,13,14,15). The molecule has 1 saturated heterocycles. The van der Waals surface area contributed by atoms with Crippen molar-refractivity contribution < 1.29 is 4.79 Å². The highest BCUT2D eigenvalue weighted by Crippen LogP contribution is 2.08. The molecule has 1 aliphatic heterocycles. The summed E-state index contributed by atoms with van der Waals surface area (Å²) in [7, 11) is 2.10. The molecule has 0 atom stereocenters. The zero-order chi connectivity index (χ0) is 12.3. The zero-order valence-electron chi connectivity index (χ0n) is 10.4. The van der Waals surface area contributed by atoms with Crippen molar-refractivity contribution >= 4 is 5.91 Å². The van der Waals surface area contributed by atoms with Gasteiger partial charge in [-0.05, 0) is 33.0 Å². The molecule has 2 N–H and O–H groups in total. The number of aryl methyl sites for hydroxylation is 1. The smallest absolute Gasteiger partial charge is 0.291 e. The van der Waals surface area contributed by atoms with E-state index in [2.05, 4.69) is 32.4 Å². The molecule has 1 aromatic rings. The van der Waals surface area contributed by atoms with Gasteiger partial charge in [-0.2, -0.15) is 0 Å². The number of piperidine rings is 1. The number of amides is 1. The fourth-order valence-electron chi connectivity index (χ4n) is 1.96. The largest absolute Gasteiger partial charge is 0.346 e. The van der Waals surface area contributed by atoms with Crippen molar-refractivity contribution in [2.45, 2.75) is 32.2 Å². The van der Waals surface area contributed by atoms with Crippen LogP contribution in [0.2, 0.25) is 0 Å². The molecule has 6 nitrogen and oxygen atoms in total. The van der Waals surface area contributed by atoms with E-state index >= 15 is 0 Å². The lowest BCUT2D eigenvalue weighted by atomic mass is 10.1. The Balaban J connectivity index is 1.88. The quantitative estimate of drug-likeness (QED) is 0.787. The first-order valence-electron chi connectivity index (χ1n) is 6.09. The van der Waals surface area contributed by atoms with Crippen LogP contribution < -0.4 is 5.32 Å². The highest BCUT2D eigenvalue weighted by molar-refractivity contribution is 5.90. The van der Waals surface area contributed by atoms with Crippen LogP contribution in [0.15, 0.2) is 0 Å².